The number of hydrogen-bond donors (Lipinski definition) is 1. The fourth-order valence-corrected chi connectivity index (χ4v) is 7.45. The van der Waals surface area contributed by atoms with Gasteiger partial charge in [0.1, 0.15) is 12.4 Å². The molecule has 0 radical (unpaired) electrons. The SMILES string of the molecule is CC(C)(Cc1nn[nH]n1)Cc1c2c3c(c(OCc4ccc(-c5ccccc5)cn4)ccc3n1Cc1ccc(Cl)cc1)CCS2. The summed E-state index contributed by atoms with van der Waals surface area (Å²) in [5, 5.41) is 16.9. The van der Waals surface area contributed by atoms with Crippen molar-refractivity contribution in [1.82, 2.24) is 30.2 Å². The van der Waals surface area contributed by atoms with Crippen LogP contribution < -0.4 is 4.74 Å². The second-order valence-electron chi connectivity index (χ2n) is 12.1. The highest BCUT2D eigenvalue weighted by Crippen LogP contribution is 2.46. The van der Waals surface area contributed by atoms with Crippen molar-refractivity contribution in [1.29, 1.82) is 0 Å². The first kappa shape index (κ1) is 28.6. The van der Waals surface area contributed by atoms with Crippen LogP contribution >= 0.6 is 23.4 Å². The third-order valence-corrected chi connectivity index (χ3v) is 9.57. The second kappa shape index (κ2) is 12.1. The summed E-state index contributed by atoms with van der Waals surface area (Å²) in [6.07, 6.45) is 4.49. The van der Waals surface area contributed by atoms with Gasteiger partial charge in [-0.25, -0.2) is 0 Å². The van der Waals surface area contributed by atoms with Gasteiger partial charge in [-0.2, -0.15) is 5.21 Å². The Morgan fingerprint density at radius 2 is 1.80 bits per heavy atom. The largest absolute Gasteiger partial charge is 0.487 e. The summed E-state index contributed by atoms with van der Waals surface area (Å²) in [4.78, 5) is 6.06. The highest BCUT2D eigenvalue weighted by Gasteiger charge is 2.30. The maximum absolute atomic E-state index is 6.49. The van der Waals surface area contributed by atoms with Crippen LogP contribution in [0.4, 0.5) is 0 Å². The Bertz CT molecular complexity index is 1890. The summed E-state index contributed by atoms with van der Waals surface area (Å²) < 4.78 is 8.97. The highest BCUT2D eigenvalue weighted by atomic mass is 35.5. The topological polar surface area (TPSA) is 81.5 Å². The minimum absolute atomic E-state index is 0.0818. The molecule has 0 fully saturated rings. The van der Waals surface area contributed by atoms with E-state index in [1.54, 1.807) is 0 Å². The predicted octanol–water partition coefficient (Wildman–Crippen LogP) is 7.96. The molecular weight excluding hydrogens is 588 g/mol. The zero-order chi connectivity index (χ0) is 30.1. The highest BCUT2D eigenvalue weighted by molar-refractivity contribution is 7.99. The zero-order valence-corrected chi connectivity index (χ0v) is 26.3. The number of benzene rings is 3. The van der Waals surface area contributed by atoms with E-state index < -0.39 is 0 Å². The van der Waals surface area contributed by atoms with E-state index >= 15 is 0 Å². The number of pyridine rings is 1. The third kappa shape index (κ3) is 5.97. The lowest BCUT2D eigenvalue weighted by atomic mass is 9.84. The number of nitrogens with zero attached hydrogens (tertiary/aromatic N) is 5. The molecule has 0 bridgehead atoms. The number of aryl methyl sites for hydroxylation is 1. The average molecular weight is 621 g/mol. The number of hydrogen-bond acceptors (Lipinski definition) is 6. The van der Waals surface area contributed by atoms with Gasteiger partial charge in [-0.3, -0.25) is 4.98 Å². The molecule has 6 aromatic rings. The van der Waals surface area contributed by atoms with Crippen LogP contribution in [-0.4, -0.2) is 35.9 Å². The lowest BCUT2D eigenvalue weighted by Crippen LogP contribution is -2.22. The Morgan fingerprint density at radius 1 is 0.955 bits per heavy atom. The number of H-pyrrole nitrogens is 1. The van der Waals surface area contributed by atoms with Gasteiger partial charge in [0.15, 0.2) is 5.82 Å². The van der Waals surface area contributed by atoms with Crippen molar-refractivity contribution < 1.29 is 4.74 Å². The number of thioether (sulfide) groups is 1. The van der Waals surface area contributed by atoms with E-state index in [0.717, 1.165) is 65.0 Å². The molecular formula is C35H33ClN6OS. The predicted molar refractivity (Wildman–Crippen MR) is 176 cm³/mol. The van der Waals surface area contributed by atoms with Crippen molar-refractivity contribution in [3.8, 4) is 16.9 Å². The molecule has 7 nitrogen and oxygen atoms in total. The molecule has 222 valence electrons. The van der Waals surface area contributed by atoms with Gasteiger partial charge in [-0.15, -0.1) is 22.0 Å². The molecule has 3 aromatic carbocycles. The van der Waals surface area contributed by atoms with E-state index in [-0.39, 0.29) is 5.41 Å². The third-order valence-electron chi connectivity index (χ3n) is 8.19. The lowest BCUT2D eigenvalue weighted by Gasteiger charge is -2.25. The van der Waals surface area contributed by atoms with E-state index in [1.807, 2.05) is 48.3 Å². The van der Waals surface area contributed by atoms with E-state index in [4.69, 9.17) is 21.3 Å². The molecule has 4 heterocycles. The summed E-state index contributed by atoms with van der Waals surface area (Å²) in [6, 6.07) is 27.0. The number of ether oxygens (including phenoxy) is 1. The maximum atomic E-state index is 6.49. The summed E-state index contributed by atoms with van der Waals surface area (Å²) in [7, 11) is 0. The van der Waals surface area contributed by atoms with E-state index in [9.17, 15) is 0 Å². The van der Waals surface area contributed by atoms with Crippen LogP contribution in [0.5, 0.6) is 5.75 Å². The van der Waals surface area contributed by atoms with E-state index in [2.05, 4.69) is 87.6 Å². The van der Waals surface area contributed by atoms with Gasteiger partial charge < -0.3 is 9.30 Å². The summed E-state index contributed by atoms with van der Waals surface area (Å²) in [5.74, 6) is 2.68. The smallest absolute Gasteiger partial charge is 0.175 e. The van der Waals surface area contributed by atoms with Gasteiger partial charge >= 0.3 is 0 Å². The molecule has 1 aliphatic heterocycles. The fraction of sp³-hybridized carbons (Fsp3) is 0.257. The number of rotatable bonds is 10. The normalized spacial score (nSPS) is 13.0. The number of aromatic amines is 1. The van der Waals surface area contributed by atoms with Crippen molar-refractivity contribution >= 4 is 34.3 Å². The van der Waals surface area contributed by atoms with Crippen molar-refractivity contribution in [3.63, 3.8) is 0 Å². The van der Waals surface area contributed by atoms with Crippen molar-refractivity contribution in [2.75, 3.05) is 5.75 Å². The van der Waals surface area contributed by atoms with Crippen molar-refractivity contribution in [2.45, 2.75) is 51.2 Å². The van der Waals surface area contributed by atoms with Crippen LogP contribution in [-0.2, 0) is 32.4 Å². The van der Waals surface area contributed by atoms with Crippen LogP contribution in [0.25, 0.3) is 22.0 Å². The first-order chi connectivity index (χ1) is 21.4. The average Bonchev–Trinajstić information content (AvgIpc) is 3.65. The Kier molecular flexibility index (Phi) is 7.87. The summed E-state index contributed by atoms with van der Waals surface area (Å²) >= 11 is 8.18. The molecule has 9 heteroatoms. The molecule has 44 heavy (non-hydrogen) atoms. The minimum Gasteiger partial charge on any atom is -0.487 e. The zero-order valence-electron chi connectivity index (χ0n) is 24.8. The van der Waals surface area contributed by atoms with Crippen molar-refractivity contribution in [2.24, 2.45) is 5.41 Å². The molecule has 0 aliphatic carbocycles. The Labute approximate surface area is 266 Å². The van der Waals surface area contributed by atoms with E-state index in [0.29, 0.717) is 6.61 Å². The van der Waals surface area contributed by atoms with Crippen LogP contribution in [0.1, 0.15) is 42.2 Å². The number of nitrogens with one attached hydrogen (secondary N) is 1. The molecule has 0 atom stereocenters. The standard InChI is InChI=1S/C35H33ClN6OS/c1-35(2,19-32-38-40-41-39-32)18-30-34-33-28(16-17-44-34)31(15-14-29(33)42(30)21-23-8-11-26(36)12-9-23)43-22-27-13-10-25(20-37-27)24-6-4-3-5-7-24/h3-15,20H,16-19,21-22H2,1-2H3,(H,38,39,40,41). The lowest BCUT2D eigenvalue weighted by molar-refractivity contribution is 0.299. The minimum atomic E-state index is -0.0818. The first-order valence-electron chi connectivity index (χ1n) is 14.8. The Morgan fingerprint density at radius 3 is 2.55 bits per heavy atom. The van der Waals surface area contributed by atoms with Gasteiger partial charge in [0.05, 0.1) is 11.2 Å². The maximum Gasteiger partial charge on any atom is 0.175 e. The van der Waals surface area contributed by atoms with Gasteiger partial charge in [0.25, 0.3) is 0 Å². The van der Waals surface area contributed by atoms with Crippen LogP contribution in [0.3, 0.4) is 0 Å². The molecule has 7 rings (SSSR count). The van der Waals surface area contributed by atoms with Crippen molar-refractivity contribution in [3.05, 3.63) is 118 Å². The van der Waals surface area contributed by atoms with E-state index in [1.165, 1.54) is 32.6 Å². The van der Waals surface area contributed by atoms with Gasteiger partial charge in [0.2, 0.25) is 0 Å². The molecule has 0 amide bonds. The molecule has 1 aliphatic rings. The fourth-order valence-electron chi connectivity index (χ4n) is 6.09. The molecule has 1 N–H and O–H groups in total. The molecule has 3 aromatic heterocycles. The van der Waals surface area contributed by atoms with Gasteiger partial charge in [-0.1, -0.05) is 79.2 Å². The molecule has 0 saturated carbocycles. The molecule has 0 spiro atoms. The summed E-state index contributed by atoms with van der Waals surface area (Å²) in [5.41, 5.74) is 8.16. The Balaban J connectivity index is 1.22. The number of tetrazole rings is 1. The van der Waals surface area contributed by atoms with Crippen LogP contribution in [0, 0.1) is 5.41 Å². The molecule has 0 unspecified atom stereocenters. The Hall–Kier alpha value is -4.14. The van der Waals surface area contributed by atoms with Gasteiger partial charge in [0, 0.05) is 57.0 Å². The van der Waals surface area contributed by atoms with Crippen LogP contribution in [0.2, 0.25) is 5.02 Å². The van der Waals surface area contributed by atoms with Gasteiger partial charge in [-0.05, 0) is 59.7 Å². The second-order valence-corrected chi connectivity index (χ2v) is 13.6. The quantitative estimate of drug-likeness (QED) is 0.167. The van der Waals surface area contributed by atoms with Crippen LogP contribution in [0.15, 0.2) is 90.0 Å². The first-order valence-corrected chi connectivity index (χ1v) is 16.2. The summed E-state index contributed by atoms with van der Waals surface area (Å²) in [6.45, 7) is 5.74. The number of aromatic nitrogens is 6. The molecule has 0 saturated heterocycles. The monoisotopic (exact) mass is 620 g/mol. The number of halogens is 1.